The number of aromatic nitrogens is 2. The second-order valence-electron chi connectivity index (χ2n) is 7.43. The predicted octanol–water partition coefficient (Wildman–Crippen LogP) is 4.68. The number of aliphatic carboxylic acids is 1. The van der Waals surface area contributed by atoms with E-state index in [0.29, 0.717) is 18.7 Å². The molecule has 0 spiro atoms. The SMILES string of the molecule is CCCCc1ncc(/C=C(\Cc2ccccc2)C(=O)O)n1Cc1cccc(C(=O)O)c1. The van der Waals surface area contributed by atoms with Crippen LogP contribution in [0.5, 0.6) is 0 Å². The van der Waals surface area contributed by atoms with Gasteiger partial charge in [-0.1, -0.05) is 55.8 Å². The van der Waals surface area contributed by atoms with E-state index in [4.69, 9.17) is 0 Å². The van der Waals surface area contributed by atoms with Crippen LogP contribution in [0.15, 0.2) is 66.4 Å². The average molecular weight is 418 g/mol. The summed E-state index contributed by atoms with van der Waals surface area (Å²) in [7, 11) is 0. The van der Waals surface area contributed by atoms with Crippen molar-refractivity contribution in [2.75, 3.05) is 0 Å². The highest BCUT2D eigenvalue weighted by Crippen LogP contribution is 2.18. The molecule has 0 saturated carbocycles. The molecule has 0 saturated heterocycles. The first-order valence-electron chi connectivity index (χ1n) is 10.3. The fraction of sp³-hybridized carbons (Fsp3) is 0.240. The van der Waals surface area contributed by atoms with Crippen LogP contribution in [0.2, 0.25) is 0 Å². The fourth-order valence-electron chi connectivity index (χ4n) is 3.43. The first kappa shape index (κ1) is 22.0. The summed E-state index contributed by atoms with van der Waals surface area (Å²) in [4.78, 5) is 27.8. The van der Waals surface area contributed by atoms with Gasteiger partial charge in [0.1, 0.15) is 5.82 Å². The van der Waals surface area contributed by atoms with E-state index in [2.05, 4.69) is 11.9 Å². The van der Waals surface area contributed by atoms with Gasteiger partial charge in [-0.3, -0.25) is 0 Å². The lowest BCUT2D eigenvalue weighted by molar-refractivity contribution is -0.132. The van der Waals surface area contributed by atoms with Gasteiger partial charge in [0, 0.05) is 25.0 Å². The maximum absolute atomic E-state index is 11.9. The van der Waals surface area contributed by atoms with Gasteiger partial charge in [-0.25, -0.2) is 14.6 Å². The number of rotatable bonds is 10. The van der Waals surface area contributed by atoms with Crippen LogP contribution < -0.4 is 0 Å². The number of hydrogen-bond donors (Lipinski definition) is 2. The van der Waals surface area contributed by atoms with Gasteiger partial charge >= 0.3 is 11.9 Å². The van der Waals surface area contributed by atoms with Crippen molar-refractivity contribution >= 4 is 18.0 Å². The molecule has 0 aliphatic carbocycles. The fourth-order valence-corrected chi connectivity index (χ4v) is 3.43. The number of benzene rings is 2. The third-order valence-corrected chi connectivity index (χ3v) is 5.07. The lowest BCUT2D eigenvalue weighted by Gasteiger charge is -2.12. The molecule has 6 heteroatoms. The van der Waals surface area contributed by atoms with Crippen LogP contribution in [0, 0.1) is 0 Å². The van der Waals surface area contributed by atoms with Crippen molar-refractivity contribution in [3.63, 3.8) is 0 Å². The van der Waals surface area contributed by atoms with Crippen molar-refractivity contribution in [2.24, 2.45) is 0 Å². The maximum Gasteiger partial charge on any atom is 0.335 e. The molecule has 31 heavy (non-hydrogen) atoms. The first-order valence-corrected chi connectivity index (χ1v) is 10.3. The summed E-state index contributed by atoms with van der Waals surface area (Å²) in [5.74, 6) is -1.09. The van der Waals surface area contributed by atoms with Gasteiger partial charge in [0.15, 0.2) is 0 Å². The standard InChI is InChI=1S/C25H26N2O4/c1-2-3-12-23-26-16-22(15-21(25(30)31)13-18-8-5-4-6-9-18)27(23)17-19-10-7-11-20(14-19)24(28)29/h4-11,14-16H,2-3,12-13,17H2,1H3,(H,28,29)(H,30,31)/b21-15+. The average Bonchev–Trinajstić information content (AvgIpc) is 3.13. The third kappa shape index (κ3) is 5.92. The Morgan fingerprint density at radius 1 is 1.03 bits per heavy atom. The second kappa shape index (κ2) is 10.4. The van der Waals surface area contributed by atoms with Crippen LogP contribution in [-0.4, -0.2) is 31.7 Å². The highest BCUT2D eigenvalue weighted by atomic mass is 16.4. The summed E-state index contributed by atoms with van der Waals surface area (Å²) in [6.45, 7) is 2.52. The molecule has 0 aliphatic rings. The summed E-state index contributed by atoms with van der Waals surface area (Å²) >= 11 is 0. The lowest BCUT2D eigenvalue weighted by Crippen LogP contribution is -2.10. The number of unbranched alkanes of at least 4 members (excludes halogenated alkanes) is 1. The minimum Gasteiger partial charge on any atom is -0.478 e. The Balaban J connectivity index is 1.98. The van der Waals surface area contributed by atoms with Crippen LogP contribution in [0.1, 0.15) is 52.8 Å². The van der Waals surface area contributed by atoms with Gasteiger partial charge in [-0.2, -0.15) is 0 Å². The second-order valence-corrected chi connectivity index (χ2v) is 7.43. The molecule has 0 unspecified atom stereocenters. The first-order chi connectivity index (χ1) is 15.0. The van der Waals surface area contributed by atoms with E-state index in [0.717, 1.165) is 36.2 Å². The minimum atomic E-state index is -0.977. The zero-order chi connectivity index (χ0) is 22.2. The number of carboxylic acids is 2. The van der Waals surface area contributed by atoms with Gasteiger partial charge in [0.2, 0.25) is 0 Å². The lowest BCUT2D eigenvalue weighted by atomic mass is 10.0. The Morgan fingerprint density at radius 3 is 2.45 bits per heavy atom. The Kier molecular flexibility index (Phi) is 7.38. The molecule has 2 aromatic carbocycles. The van der Waals surface area contributed by atoms with E-state index in [1.165, 1.54) is 0 Å². The van der Waals surface area contributed by atoms with Crippen molar-refractivity contribution in [3.8, 4) is 0 Å². The molecule has 0 atom stereocenters. The van der Waals surface area contributed by atoms with E-state index < -0.39 is 11.9 Å². The van der Waals surface area contributed by atoms with E-state index in [-0.39, 0.29) is 11.1 Å². The van der Waals surface area contributed by atoms with E-state index in [1.54, 1.807) is 30.5 Å². The Labute approximate surface area is 181 Å². The van der Waals surface area contributed by atoms with Crippen molar-refractivity contribution in [2.45, 2.75) is 39.2 Å². The Hall–Kier alpha value is -3.67. The number of carboxylic acid groups (broad SMARTS) is 2. The van der Waals surface area contributed by atoms with Gasteiger partial charge in [0.25, 0.3) is 0 Å². The molecule has 0 amide bonds. The summed E-state index contributed by atoms with van der Waals surface area (Å²) in [6, 6.07) is 16.3. The van der Waals surface area contributed by atoms with Gasteiger partial charge in [-0.05, 0) is 35.8 Å². The summed E-state index contributed by atoms with van der Waals surface area (Å²) in [6.07, 6.45) is 6.41. The predicted molar refractivity (Wildman–Crippen MR) is 119 cm³/mol. The van der Waals surface area contributed by atoms with Crippen LogP contribution in [0.3, 0.4) is 0 Å². The number of imidazole rings is 1. The topological polar surface area (TPSA) is 92.4 Å². The number of carbonyl (C=O) groups is 2. The van der Waals surface area contributed by atoms with Crippen molar-refractivity contribution in [1.29, 1.82) is 0 Å². The zero-order valence-electron chi connectivity index (χ0n) is 17.5. The van der Waals surface area contributed by atoms with Crippen LogP contribution in [0.25, 0.3) is 6.08 Å². The minimum absolute atomic E-state index is 0.222. The summed E-state index contributed by atoms with van der Waals surface area (Å²) in [5, 5.41) is 19.0. The van der Waals surface area contributed by atoms with Gasteiger partial charge in [0.05, 0.1) is 17.5 Å². The third-order valence-electron chi connectivity index (χ3n) is 5.07. The molecule has 0 radical (unpaired) electrons. The molecule has 2 N–H and O–H groups in total. The molecule has 3 aromatic rings. The smallest absolute Gasteiger partial charge is 0.335 e. The largest absolute Gasteiger partial charge is 0.478 e. The van der Waals surface area contributed by atoms with Crippen LogP contribution in [-0.2, 0) is 24.2 Å². The van der Waals surface area contributed by atoms with Crippen LogP contribution in [0.4, 0.5) is 0 Å². The number of aryl methyl sites for hydroxylation is 1. The van der Waals surface area contributed by atoms with Crippen molar-refractivity contribution in [3.05, 3.63) is 94.6 Å². The molecular formula is C25H26N2O4. The quantitative estimate of drug-likeness (QED) is 0.466. The molecule has 0 fully saturated rings. The highest BCUT2D eigenvalue weighted by Gasteiger charge is 2.14. The molecular weight excluding hydrogens is 392 g/mol. The zero-order valence-corrected chi connectivity index (χ0v) is 17.5. The van der Waals surface area contributed by atoms with Gasteiger partial charge in [-0.15, -0.1) is 0 Å². The number of hydrogen-bond acceptors (Lipinski definition) is 3. The molecule has 6 nitrogen and oxygen atoms in total. The molecule has 3 rings (SSSR count). The van der Waals surface area contributed by atoms with Crippen molar-refractivity contribution in [1.82, 2.24) is 9.55 Å². The van der Waals surface area contributed by atoms with Crippen LogP contribution >= 0.6 is 0 Å². The summed E-state index contributed by atoms with van der Waals surface area (Å²) in [5.41, 5.74) is 2.93. The molecule has 0 bridgehead atoms. The Morgan fingerprint density at radius 2 is 1.77 bits per heavy atom. The van der Waals surface area contributed by atoms with E-state index in [9.17, 15) is 19.8 Å². The monoisotopic (exact) mass is 418 g/mol. The van der Waals surface area contributed by atoms with E-state index in [1.807, 2.05) is 41.0 Å². The molecule has 0 aliphatic heterocycles. The normalized spacial score (nSPS) is 11.5. The maximum atomic E-state index is 11.9. The van der Waals surface area contributed by atoms with Crippen molar-refractivity contribution < 1.29 is 19.8 Å². The van der Waals surface area contributed by atoms with Gasteiger partial charge < -0.3 is 14.8 Å². The Bertz CT molecular complexity index is 1080. The highest BCUT2D eigenvalue weighted by molar-refractivity contribution is 5.92. The molecule has 160 valence electrons. The number of aromatic carboxylic acids is 1. The number of nitrogens with zero attached hydrogens (tertiary/aromatic N) is 2. The van der Waals surface area contributed by atoms with E-state index >= 15 is 0 Å². The summed E-state index contributed by atoms with van der Waals surface area (Å²) < 4.78 is 1.98. The molecule has 1 aromatic heterocycles. The molecule has 1 heterocycles.